The van der Waals surface area contributed by atoms with E-state index in [1.165, 1.54) is 6.08 Å². The van der Waals surface area contributed by atoms with Gasteiger partial charge in [0.25, 0.3) is 0 Å². The summed E-state index contributed by atoms with van der Waals surface area (Å²) in [5.41, 5.74) is 0.695. The first kappa shape index (κ1) is 16.2. The molecule has 1 fully saturated rings. The number of carbonyl (C=O) groups excluding carboxylic acids is 1. The van der Waals surface area contributed by atoms with Gasteiger partial charge in [-0.2, -0.15) is 0 Å². The van der Waals surface area contributed by atoms with Gasteiger partial charge in [-0.3, -0.25) is 14.6 Å². The minimum Gasteiger partial charge on any atom is -0.481 e. The van der Waals surface area contributed by atoms with Crippen molar-refractivity contribution < 1.29 is 19.4 Å². The van der Waals surface area contributed by atoms with Gasteiger partial charge in [0.15, 0.2) is 0 Å². The van der Waals surface area contributed by atoms with Crippen molar-refractivity contribution >= 4 is 18.0 Å². The molecule has 0 unspecified atom stereocenters. The highest BCUT2D eigenvalue weighted by Crippen LogP contribution is 2.16. The summed E-state index contributed by atoms with van der Waals surface area (Å²) >= 11 is 0. The van der Waals surface area contributed by atoms with Gasteiger partial charge in [-0.15, -0.1) is 0 Å². The first-order chi connectivity index (χ1) is 10.7. The Morgan fingerprint density at radius 3 is 2.77 bits per heavy atom. The number of hydrogen-bond donors (Lipinski definition) is 1. The molecule has 6 nitrogen and oxygen atoms in total. The molecule has 1 aromatic heterocycles. The van der Waals surface area contributed by atoms with E-state index in [0.29, 0.717) is 18.9 Å². The van der Waals surface area contributed by atoms with Crippen molar-refractivity contribution in [2.24, 2.45) is 0 Å². The molecule has 0 aromatic carbocycles. The fourth-order valence-electron chi connectivity index (χ4n) is 2.41. The molecule has 0 aliphatic carbocycles. The quantitative estimate of drug-likeness (QED) is 0.807. The highest BCUT2D eigenvalue weighted by Gasteiger charge is 2.24. The molecular formula is C16H20N2O4. The van der Waals surface area contributed by atoms with Crippen molar-refractivity contribution in [1.29, 1.82) is 0 Å². The summed E-state index contributed by atoms with van der Waals surface area (Å²) in [5.74, 6) is -1.09. The van der Waals surface area contributed by atoms with Crippen LogP contribution in [0.1, 0.15) is 25.0 Å². The molecule has 0 spiro atoms. The van der Waals surface area contributed by atoms with E-state index in [4.69, 9.17) is 9.84 Å². The number of amides is 1. The molecule has 1 amide bonds. The monoisotopic (exact) mass is 304 g/mol. The molecule has 1 saturated heterocycles. The number of nitrogens with zero attached hydrogens (tertiary/aromatic N) is 2. The molecule has 2 heterocycles. The van der Waals surface area contributed by atoms with Gasteiger partial charge in [-0.1, -0.05) is 6.07 Å². The summed E-state index contributed by atoms with van der Waals surface area (Å²) < 4.78 is 5.30. The minimum atomic E-state index is -0.904. The number of hydrogen-bond acceptors (Lipinski definition) is 4. The normalized spacial score (nSPS) is 15.8. The maximum Gasteiger partial charge on any atom is 0.305 e. The Morgan fingerprint density at radius 2 is 2.14 bits per heavy atom. The van der Waals surface area contributed by atoms with Crippen molar-refractivity contribution in [2.75, 3.05) is 19.8 Å². The van der Waals surface area contributed by atoms with E-state index in [-0.39, 0.29) is 24.9 Å². The number of carboxylic acid groups (broad SMARTS) is 1. The van der Waals surface area contributed by atoms with Gasteiger partial charge in [0, 0.05) is 38.1 Å². The van der Waals surface area contributed by atoms with Gasteiger partial charge in [0.1, 0.15) is 0 Å². The summed E-state index contributed by atoms with van der Waals surface area (Å²) in [6.45, 7) is 1.42. The molecule has 1 aliphatic heterocycles. The lowest BCUT2D eigenvalue weighted by molar-refractivity contribution is -0.138. The Hall–Kier alpha value is -2.21. The average molecular weight is 304 g/mol. The summed E-state index contributed by atoms with van der Waals surface area (Å²) in [7, 11) is 0. The second-order valence-electron chi connectivity index (χ2n) is 5.11. The molecule has 0 atom stereocenters. The fraction of sp³-hybridized carbons (Fsp3) is 0.438. The third-order valence-corrected chi connectivity index (χ3v) is 3.57. The fourth-order valence-corrected chi connectivity index (χ4v) is 2.41. The number of carbonyl (C=O) groups is 2. The molecule has 22 heavy (non-hydrogen) atoms. The van der Waals surface area contributed by atoms with E-state index in [1.54, 1.807) is 29.3 Å². The van der Waals surface area contributed by atoms with Crippen molar-refractivity contribution in [2.45, 2.75) is 25.3 Å². The maximum absolute atomic E-state index is 12.4. The van der Waals surface area contributed by atoms with Crippen LogP contribution in [-0.4, -0.2) is 52.7 Å². The average Bonchev–Trinajstić information content (AvgIpc) is 2.55. The van der Waals surface area contributed by atoms with Crippen molar-refractivity contribution in [1.82, 2.24) is 9.88 Å². The molecular weight excluding hydrogens is 284 g/mol. The number of aromatic nitrogens is 1. The maximum atomic E-state index is 12.4. The molecule has 6 heteroatoms. The van der Waals surface area contributed by atoms with Crippen LogP contribution in [0.15, 0.2) is 30.5 Å². The van der Waals surface area contributed by atoms with Crippen LogP contribution in [0.2, 0.25) is 0 Å². The van der Waals surface area contributed by atoms with Crippen LogP contribution in [0.4, 0.5) is 0 Å². The molecule has 0 saturated carbocycles. The Morgan fingerprint density at radius 1 is 1.36 bits per heavy atom. The van der Waals surface area contributed by atoms with Gasteiger partial charge in [0.05, 0.1) is 12.1 Å². The van der Waals surface area contributed by atoms with Crippen LogP contribution >= 0.6 is 0 Å². The van der Waals surface area contributed by atoms with Gasteiger partial charge in [-0.05, 0) is 31.1 Å². The van der Waals surface area contributed by atoms with E-state index >= 15 is 0 Å². The molecule has 1 N–H and O–H groups in total. The van der Waals surface area contributed by atoms with Crippen LogP contribution in [0, 0.1) is 0 Å². The van der Waals surface area contributed by atoms with Gasteiger partial charge < -0.3 is 14.7 Å². The standard InChI is InChI=1S/C16H20N2O4/c19-15(5-4-13-3-1-2-9-17-13)18(10-6-16(20)21)14-7-11-22-12-8-14/h1-5,9,14H,6-8,10-12H2,(H,20,21). The first-order valence-corrected chi connectivity index (χ1v) is 7.36. The minimum absolute atomic E-state index is 0.0361. The molecule has 1 aromatic rings. The lowest BCUT2D eigenvalue weighted by Crippen LogP contribution is -2.43. The van der Waals surface area contributed by atoms with Crippen molar-refractivity contribution in [3.8, 4) is 0 Å². The summed E-state index contributed by atoms with van der Waals surface area (Å²) in [6, 6.07) is 5.49. The zero-order valence-corrected chi connectivity index (χ0v) is 12.4. The van der Waals surface area contributed by atoms with E-state index < -0.39 is 5.97 Å². The van der Waals surface area contributed by atoms with Crippen LogP contribution in [0.5, 0.6) is 0 Å². The SMILES string of the molecule is O=C(O)CCN(C(=O)C=Cc1ccccn1)C1CCOCC1. The summed E-state index contributed by atoms with van der Waals surface area (Å²) in [5, 5.41) is 8.86. The van der Waals surface area contributed by atoms with E-state index in [2.05, 4.69) is 4.98 Å². The predicted octanol–water partition coefficient (Wildman–Crippen LogP) is 1.58. The number of pyridine rings is 1. The highest BCUT2D eigenvalue weighted by molar-refractivity contribution is 5.92. The Labute approximate surface area is 129 Å². The van der Waals surface area contributed by atoms with Crippen molar-refractivity contribution in [3.63, 3.8) is 0 Å². The number of ether oxygens (including phenoxy) is 1. The van der Waals surface area contributed by atoms with Crippen LogP contribution < -0.4 is 0 Å². The molecule has 118 valence electrons. The number of carboxylic acids is 1. The largest absolute Gasteiger partial charge is 0.481 e. The van der Waals surface area contributed by atoms with Crippen LogP contribution in [0.25, 0.3) is 6.08 Å². The zero-order chi connectivity index (χ0) is 15.8. The van der Waals surface area contributed by atoms with Gasteiger partial charge in [-0.25, -0.2) is 0 Å². The molecule has 0 bridgehead atoms. The second kappa shape index (κ2) is 8.29. The number of aliphatic carboxylic acids is 1. The topological polar surface area (TPSA) is 79.7 Å². The highest BCUT2D eigenvalue weighted by atomic mass is 16.5. The summed E-state index contributed by atoms with van der Waals surface area (Å²) in [4.78, 5) is 29.0. The predicted molar refractivity (Wildman–Crippen MR) is 81.1 cm³/mol. The third-order valence-electron chi connectivity index (χ3n) is 3.57. The van der Waals surface area contributed by atoms with E-state index in [9.17, 15) is 9.59 Å². The Kier molecular flexibility index (Phi) is 6.09. The summed E-state index contributed by atoms with van der Waals surface area (Å²) in [6.07, 6.45) is 6.19. The lowest BCUT2D eigenvalue weighted by Gasteiger charge is -2.33. The lowest BCUT2D eigenvalue weighted by atomic mass is 10.1. The molecule has 0 radical (unpaired) electrons. The zero-order valence-electron chi connectivity index (χ0n) is 12.4. The van der Waals surface area contributed by atoms with Crippen molar-refractivity contribution in [3.05, 3.63) is 36.2 Å². The number of rotatable bonds is 6. The Bertz CT molecular complexity index is 524. The third kappa shape index (κ3) is 4.96. The van der Waals surface area contributed by atoms with Gasteiger partial charge >= 0.3 is 5.97 Å². The smallest absolute Gasteiger partial charge is 0.305 e. The molecule has 1 aliphatic rings. The first-order valence-electron chi connectivity index (χ1n) is 7.36. The van der Waals surface area contributed by atoms with Crippen LogP contribution in [-0.2, 0) is 14.3 Å². The van der Waals surface area contributed by atoms with Crippen LogP contribution in [0.3, 0.4) is 0 Å². The van der Waals surface area contributed by atoms with E-state index in [1.807, 2.05) is 6.07 Å². The van der Waals surface area contributed by atoms with Gasteiger partial charge in [0.2, 0.25) is 5.91 Å². The second-order valence-corrected chi connectivity index (χ2v) is 5.11. The molecule has 2 rings (SSSR count). The van der Waals surface area contributed by atoms with E-state index in [0.717, 1.165) is 12.8 Å². The Balaban J connectivity index is 2.03.